The van der Waals surface area contributed by atoms with Gasteiger partial charge in [-0.25, -0.2) is 0 Å². The maximum atomic E-state index is 5.92. The molecule has 0 saturated carbocycles. The Hall–Kier alpha value is -0.470. The number of rotatable bonds is 3. The molecular formula is C10H11BrClN. The lowest BCUT2D eigenvalue weighted by Gasteiger charge is -2.06. The van der Waals surface area contributed by atoms with Crippen molar-refractivity contribution in [2.45, 2.75) is 6.92 Å². The lowest BCUT2D eigenvalue weighted by atomic mass is 10.3. The highest BCUT2D eigenvalue weighted by Gasteiger charge is 1.97. The third-order valence-corrected chi connectivity index (χ3v) is 2.75. The zero-order valence-electron chi connectivity index (χ0n) is 7.40. The fourth-order valence-electron chi connectivity index (χ4n) is 0.859. The SMILES string of the molecule is C=C(C)CNc1ccc(Br)c(Cl)c1. The normalized spacial score (nSPS) is 9.77. The molecule has 0 bridgehead atoms. The first-order chi connectivity index (χ1) is 6.09. The molecule has 0 fully saturated rings. The summed E-state index contributed by atoms with van der Waals surface area (Å²) in [4.78, 5) is 0. The van der Waals surface area contributed by atoms with E-state index in [0.29, 0.717) is 5.02 Å². The summed E-state index contributed by atoms with van der Waals surface area (Å²) in [5, 5.41) is 3.92. The van der Waals surface area contributed by atoms with E-state index in [1.54, 1.807) is 0 Å². The highest BCUT2D eigenvalue weighted by Crippen LogP contribution is 2.25. The molecule has 13 heavy (non-hydrogen) atoms. The molecule has 0 unspecified atom stereocenters. The molecule has 0 radical (unpaired) electrons. The van der Waals surface area contributed by atoms with Crippen LogP contribution in [0, 0.1) is 0 Å². The molecule has 0 atom stereocenters. The Kier molecular flexibility index (Phi) is 3.82. The van der Waals surface area contributed by atoms with Crippen molar-refractivity contribution < 1.29 is 0 Å². The summed E-state index contributed by atoms with van der Waals surface area (Å²) < 4.78 is 0.912. The van der Waals surface area contributed by atoms with Crippen LogP contribution in [0.5, 0.6) is 0 Å². The molecule has 1 nitrogen and oxygen atoms in total. The molecular weight excluding hydrogens is 249 g/mol. The van der Waals surface area contributed by atoms with Crippen LogP contribution in [0.3, 0.4) is 0 Å². The highest BCUT2D eigenvalue weighted by molar-refractivity contribution is 9.10. The predicted molar refractivity (Wildman–Crippen MR) is 62.5 cm³/mol. The van der Waals surface area contributed by atoms with Gasteiger partial charge in [0.05, 0.1) is 5.02 Å². The van der Waals surface area contributed by atoms with E-state index in [4.69, 9.17) is 11.6 Å². The van der Waals surface area contributed by atoms with Gasteiger partial charge in [0, 0.05) is 16.7 Å². The standard InChI is InChI=1S/C10H11BrClN/c1-7(2)6-13-8-3-4-9(11)10(12)5-8/h3-5,13H,1,6H2,2H3. The summed E-state index contributed by atoms with van der Waals surface area (Å²) in [7, 11) is 0. The van der Waals surface area contributed by atoms with E-state index < -0.39 is 0 Å². The summed E-state index contributed by atoms with van der Waals surface area (Å²) >= 11 is 9.25. The maximum absolute atomic E-state index is 5.92. The van der Waals surface area contributed by atoms with E-state index in [2.05, 4.69) is 27.8 Å². The molecule has 1 rings (SSSR count). The van der Waals surface area contributed by atoms with Gasteiger partial charge in [-0.15, -0.1) is 0 Å². The van der Waals surface area contributed by atoms with Gasteiger partial charge in [0.2, 0.25) is 0 Å². The van der Waals surface area contributed by atoms with Gasteiger partial charge in [-0.2, -0.15) is 0 Å². The zero-order valence-corrected chi connectivity index (χ0v) is 9.74. The van der Waals surface area contributed by atoms with E-state index in [1.165, 1.54) is 0 Å². The van der Waals surface area contributed by atoms with Crippen LogP contribution in [-0.4, -0.2) is 6.54 Å². The molecule has 0 spiro atoms. The van der Waals surface area contributed by atoms with E-state index in [0.717, 1.165) is 22.3 Å². The summed E-state index contributed by atoms with van der Waals surface area (Å²) in [6, 6.07) is 5.77. The Bertz CT molecular complexity index is 323. The van der Waals surface area contributed by atoms with Gasteiger partial charge in [-0.05, 0) is 41.1 Å². The minimum atomic E-state index is 0.715. The number of nitrogens with one attached hydrogen (secondary N) is 1. The summed E-state index contributed by atoms with van der Waals surface area (Å²) in [5.41, 5.74) is 2.11. The minimum Gasteiger partial charge on any atom is -0.381 e. The van der Waals surface area contributed by atoms with E-state index in [9.17, 15) is 0 Å². The van der Waals surface area contributed by atoms with Gasteiger partial charge in [0.1, 0.15) is 0 Å². The molecule has 0 amide bonds. The van der Waals surface area contributed by atoms with Crippen molar-refractivity contribution in [1.29, 1.82) is 0 Å². The van der Waals surface area contributed by atoms with Crippen LogP contribution in [0.1, 0.15) is 6.92 Å². The average Bonchev–Trinajstić information content (AvgIpc) is 2.07. The van der Waals surface area contributed by atoms with Crippen molar-refractivity contribution >= 4 is 33.2 Å². The van der Waals surface area contributed by atoms with Gasteiger partial charge < -0.3 is 5.32 Å². The van der Waals surface area contributed by atoms with Crippen LogP contribution in [0.2, 0.25) is 5.02 Å². The first-order valence-corrected chi connectivity index (χ1v) is 5.10. The van der Waals surface area contributed by atoms with Gasteiger partial charge in [0.15, 0.2) is 0 Å². The molecule has 1 aromatic carbocycles. The van der Waals surface area contributed by atoms with Crippen molar-refractivity contribution in [3.63, 3.8) is 0 Å². The van der Waals surface area contributed by atoms with Crippen molar-refractivity contribution in [3.8, 4) is 0 Å². The van der Waals surface area contributed by atoms with Crippen LogP contribution in [-0.2, 0) is 0 Å². The molecule has 1 N–H and O–H groups in total. The predicted octanol–water partition coefficient (Wildman–Crippen LogP) is 4.09. The Morgan fingerprint density at radius 2 is 2.31 bits per heavy atom. The van der Waals surface area contributed by atoms with Gasteiger partial charge >= 0.3 is 0 Å². The fourth-order valence-corrected chi connectivity index (χ4v) is 1.29. The van der Waals surface area contributed by atoms with E-state index in [-0.39, 0.29) is 0 Å². The Morgan fingerprint density at radius 3 is 2.85 bits per heavy atom. The number of hydrogen-bond acceptors (Lipinski definition) is 1. The largest absolute Gasteiger partial charge is 0.381 e. The molecule has 0 aromatic heterocycles. The second kappa shape index (κ2) is 4.68. The zero-order chi connectivity index (χ0) is 9.84. The number of benzene rings is 1. The molecule has 0 aliphatic heterocycles. The molecule has 70 valence electrons. The molecule has 3 heteroatoms. The van der Waals surface area contributed by atoms with Gasteiger partial charge in [-0.1, -0.05) is 23.8 Å². The summed E-state index contributed by atoms with van der Waals surface area (Å²) in [5.74, 6) is 0. The molecule has 0 saturated heterocycles. The molecule has 0 aliphatic carbocycles. The van der Waals surface area contributed by atoms with Crippen LogP contribution < -0.4 is 5.32 Å². The Balaban J connectivity index is 2.68. The van der Waals surface area contributed by atoms with Gasteiger partial charge in [0.25, 0.3) is 0 Å². The van der Waals surface area contributed by atoms with E-state index >= 15 is 0 Å². The summed E-state index contributed by atoms with van der Waals surface area (Å²) in [6.45, 7) is 6.56. The van der Waals surface area contributed by atoms with Gasteiger partial charge in [-0.3, -0.25) is 0 Å². The van der Waals surface area contributed by atoms with Crippen molar-refractivity contribution in [3.05, 3.63) is 39.8 Å². The monoisotopic (exact) mass is 259 g/mol. The van der Waals surface area contributed by atoms with E-state index in [1.807, 2.05) is 25.1 Å². The lowest BCUT2D eigenvalue weighted by molar-refractivity contribution is 1.22. The third kappa shape index (κ3) is 3.41. The lowest BCUT2D eigenvalue weighted by Crippen LogP contribution is -2.01. The quantitative estimate of drug-likeness (QED) is 0.807. The minimum absolute atomic E-state index is 0.715. The van der Waals surface area contributed by atoms with Crippen LogP contribution in [0.25, 0.3) is 0 Å². The first-order valence-electron chi connectivity index (χ1n) is 3.93. The topological polar surface area (TPSA) is 12.0 Å². The van der Waals surface area contributed by atoms with Crippen molar-refractivity contribution in [2.24, 2.45) is 0 Å². The Labute approximate surface area is 91.9 Å². The highest BCUT2D eigenvalue weighted by atomic mass is 79.9. The number of halogens is 2. The second-order valence-electron chi connectivity index (χ2n) is 2.94. The first kappa shape index (κ1) is 10.6. The maximum Gasteiger partial charge on any atom is 0.0568 e. The van der Waals surface area contributed by atoms with Crippen LogP contribution in [0.4, 0.5) is 5.69 Å². The van der Waals surface area contributed by atoms with Crippen LogP contribution in [0.15, 0.2) is 34.8 Å². The third-order valence-electron chi connectivity index (χ3n) is 1.51. The second-order valence-corrected chi connectivity index (χ2v) is 4.20. The molecule has 0 aliphatic rings. The molecule has 1 aromatic rings. The Morgan fingerprint density at radius 1 is 1.62 bits per heavy atom. The molecule has 0 heterocycles. The summed E-state index contributed by atoms with van der Waals surface area (Å²) in [6.07, 6.45) is 0. The van der Waals surface area contributed by atoms with Crippen molar-refractivity contribution in [2.75, 3.05) is 11.9 Å². The van der Waals surface area contributed by atoms with Crippen molar-refractivity contribution in [1.82, 2.24) is 0 Å². The average molecular weight is 261 g/mol. The number of anilines is 1. The fraction of sp³-hybridized carbons (Fsp3) is 0.200. The smallest absolute Gasteiger partial charge is 0.0568 e. The number of hydrogen-bond donors (Lipinski definition) is 1. The van der Waals surface area contributed by atoms with Crippen LogP contribution >= 0.6 is 27.5 Å².